The molecule has 3 atom stereocenters. The Balaban J connectivity index is 1.59. The molecule has 2 aliphatic heterocycles. The van der Waals surface area contributed by atoms with Crippen molar-refractivity contribution in [2.75, 3.05) is 13.1 Å². The number of fused-ring (bicyclic) bond motifs is 1. The van der Waals surface area contributed by atoms with Gasteiger partial charge in [0.15, 0.2) is 6.23 Å². The summed E-state index contributed by atoms with van der Waals surface area (Å²) in [5.41, 5.74) is 2.62. The quantitative estimate of drug-likeness (QED) is 0.911. The van der Waals surface area contributed by atoms with Gasteiger partial charge in [0.1, 0.15) is 0 Å². The minimum atomic E-state index is -0.832. The largest absolute Gasteiger partial charge is 0.369 e. The molecule has 4 nitrogen and oxygen atoms in total. The zero-order chi connectivity index (χ0) is 15.8. The van der Waals surface area contributed by atoms with Gasteiger partial charge in [0.2, 0.25) is 0 Å². The molecule has 1 fully saturated rings. The van der Waals surface area contributed by atoms with Gasteiger partial charge in [-0.05, 0) is 24.0 Å². The second-order valence-corrected chi connectivity index (χ2v) is 6.35. The van der Waals surface area contributed by atoms with E-state index in [2.05, 4.69) is 17.4 Å². The molecule has 4 heteroatoms. The van der Waals surface area contributed by atoms with Crippen LogP contribution in [-0.2, 0) is 6.42 Å². The second kappa shape index (κ2) is 5.80. The summed E-state index contributed by atoms with van der Waals surface area (Å²) in [4.78, 5) is 14.4. The molecule has 1 amide bonds. The SMILES string of the molecule is O=C1c2ccccc2C(O)N1[C@@H]1CNC[C@H]1Cc1ccccc1. The molecule has 0 aromatic heterocycles. The van der Waals surface area contributed by atoms with E-state index >= 15 is 0 Å². The summed E-state index contributed by atoms with van der Waals surface area (Å²) in [7, 11) is 0. The van der Waals surface area contributed by atoms with E-state index in [0.717, 1.165) is 25.1 Å². The van der Waals surface area contributed by atoms with Gasteiger partial charge < -0.3 is 15.3 Å². The first-order valence-corrected chi connectivity index (χ1v) is 8.10. The summed E-state index contributed by atoms with van der Waals surface area (Å²) in [6, 6.07) is 17.7. The summed E-state index contributed by atoms with van der Waals surface area (Å²) in [6.07, 6.45) is 0.0765. The van der Waals surface area contributed by atoms with Gasteiger partial charge in [0, 0.05) is 24.2 Å². The first kappa shape index (κ1) is 14.4. The lowest BCUT2D eigenvalue weighted by Gasteiger charge is -2.31. The zero-order valence-electron chi connectivity index (χ0n) is 12.9. The summed E-state index contributed by atoms with van der Waals surface area (Å²) in [6.45, 7) is 1.60. The highest BCUT2D eigenvalue weighted by molar-refractivity contribution is 5.99. The molecule has 2 heterocycles. The average molecular weight is 308 g/mol. The maximum atomic E-state index is 12.7. The summed E-state index contributed by atoms with van der Waals surface area (Å²) in [5.74, 6) is 0.255. The average Bonchev–Trinajstić information content (AvgIpc) is 3.12. The van der Waals surface area contributed by atoms with Gasteiger partial charge in [-0.15, -0.1) is 0 Å². The molecule has 118 valence electrons. The van der Waals surface area contributed by atoms with Crippen molar-refractivity contribution in [3.05, 3.63) is 71.3 Å². The van der Waals surface area contributed by atoms with Crippen LogP contribution in [0.3, 0.4) is 0 Å². The second-order valence-electron chi connectivity index (χ2n) is 6.35. The normalized spacial score (nSPS) is 26.6. The van der Waals surface area contributed by atoms with Crippen molar-refractivity contribution in [3.8, 4) is 0 Å². The number of amides is 1. The predicted octanol–water partition coefficient (Wildman–Crippen LogP) is 1.96. The third-order valence-electron chi connectivity index (χ3n) is 4.97. The van der Waals surface area contributed by atoms with Crippen molar-refractivity contribution in [2.24, 2.45) is 5.92 Å². The Kier molecular flexibility index (Phi) is 3.63. The number of hydrogen-bond donors (Lipinski definition) is 2. The van der Waals surface area contributed by atoms with Gasteiger partial charge in [-0.2, -0.15) is 0 Å². The van der Waals surface area contributed by atoms with Crippen LogP contribution >= 0.6 is 0 Å². The van der Waals surface area contributed by atoms with Gasteiger partial charge in [-0.25, -0.2) is 0 Å². The molecule has 4 rings (SSSR count). The van der Waals surface area contributed by atoms with E-state index in [1.807, 2.05) is 36.4 Å². The fourth-order valence-corrected chi connectivity index (χ4v) is 3.82. The topological polar surface area (TPSA) is 52.6 Å². The minimum absolute atomic E-state index is 0.0186. The first-order valence-electron chi connectivity index (χ1n) is 8.10. The molecular formula is C19H20N2O2. The van der Waals surface area contributed by atoms with E-state index in [9.17, 15) is 9.90 Å². The number of aliphatic hydroxyl groups excluding tert-OH is 1. The van der Waals surface area contributed by atoms with Crippen LogP contribution in [0.4, 0.5) is 0 Å². The third-order valence-corrected chi connectivity index (χ3v) is 4.97. The van der Waals surface area contributed by atoms with Gasteiger partial charge in [-0.3, -0.25) is 4.79 Å². The van der Waals surface area contributed by atoms with Crippen LogP contribution in [0.25, 0.3) is 0 Å². The van der Waals surface area contributed by atoms with Crippen LogP contribution in [0.2, 0.25) is 0 Å². The van der Waals surface area contributed by atoms with Gasteiger partial charge in [-0.1, -0.05) is 48.5 Å². The molecule has 2 aromatic carbocycles. The lowest BCUT2D eigenvalue weighted by Crippen LogP contribution is -2.43. The van der Waals surface area contributed by atoms with E-state index in [1.165, 1.54) is 5.56 Å². The van der Waals surface area contributed by atoms with E-state index < -0.39 is 6.23 Å². The van der Waals surface area contributed by atoms with E-state index in [-0.39, 0.29) is 11.9 Å². The Morgan fingerprint density at radius 1 is 1.04 bits per heavy atom. The molecule has 2 N–H and O–H groups in total. The standard InChI is InChI=1S/C19H20N2O2/c22-18-15-8-4-5-9-16(15)19(23)21(18)17-12-20-11-14(17)10-13-6-2-1-3-7-13/h1-9,14,17-18,20,22H,10-12H2/t14-,17-,18?/m1/s1. The Morgan fingerprint density at radius 3 is 2.57 bits per heavy atom. The molecule has 2 aromatic rings. The number of carbonyl (C=O) groups excluding carboxylic acids is 1. The van der Waals surface area contributed by atoms with Crippen LogP contribution < -0.4 is 5.32 Å². The van der Waals surface area contributed by atoms with Gasteiger partial charge in [0.05, 0.1) is 6.04 Å². The molecule has 0 radical (unpaired) electrons. The molecule has 0 bridgehead atoms. The molecular weight excluding hydrogens is 288 g/mol. The van der Waals surface area contributed by atoms with Crippen LogP contribution in [-0.4, -0.2) is 35.0 Å². The summed E-state index contributed by atoms with van der Waals surface area (Å²) < 4.78 is 0. The zero-order valence-corrected chi connectivity index (χ0v) is 12.9. The molecule has 1 unspecified atom stereocenters. The van der Waals surface area contributed by atoms with Crippen LogP contribution in [0, 0.1) is 5.92 Å². The first-order chi connectivity index (χ1) is 11.3. The number of carbonyl (C=O) groups is 1. The summed E-state index contributed by atoms with van der Waals surface area (Å²) >= 11 is 0. The van der Waals surface area contributed by atoms with E-state index in [1.54, 1.807) is 11.0 Å². The smallest absolute Gasteiger partial charge is 0.256 e. The Bertz CT molecular complexity index is 716. The number of nitrogens with one attached hydrogen (secondary N) is 1. The Morgan fingerprint density at radius 2 is 1.78 bits per heavy atom. The van der Waals surface area contributed by atoms with Crippen molar-refractivity contribution in [2.45, 2.75) is 18.7 Å². The lowest BCUT2D eigenvalue weighted by molar-refractivity contribution is -0.00787. The third kappa shape index (κ3) is 2.44. The van der Waals surface area contributed by atoms with Crippen LogP contribution in [0.15, 0.2) is 54.6 Å². The minimum Gasteiger partial charge on any atom is -0.369 e. The van der Waals surface area contributed by atoms with E-state index in [0.29, 0.717) is 11.5 Å². The van der Waals surface area contributed by atoms with Crippen molar-refractivity contribution in [3.63, 3.8) is 0 Å². The fraction of sp³-hybridized carbons (Fsp3) is 0.316. The molecule has 1 saturated heterocycles. The molecule has 0 spiro atoms. The van der Waals surface area contributed by atoms with Gasteiger partial charge >= 0.3 is 0 Å². The molecule has 0 aliphatic carbocycles. The highest BCUT2D eigenvalue weighted by Gasteiger charge is 2.43. The molecule has 2 aliphatic rings. The number of nitrogens with zero attached hydrogens (tertiary/aromatic N) is 1. The Labute approximate surface area is 135 Å². The van der Waals surface area contributed by atoms with Crippen molar-refractivity contribution < 1.29 is 9.90 Å². The monoisotopic (exact) mass is 308 g/mol. The maximum absolute atomic E-state index is 12.7. The highest BCUT2D eigenvalue weighted by atomic mass is 16.3. The van der Waals surface area contributed by atoms with E-state index in [4.69, 9.17) is 0 Å². The van der Waals surface area contributed by atoms with Crippen molar-refractivity contribution >= 4 is 5.91 Å². The number of hydrogen-bond acceptors (Lipinski definition) is 3. The number of aliphatic hydroxyl groups is 1. The van der Waals surface area contributed by atoms with Crippen molar-refractivity contribution in [1.29, 1.82) is 0 Å². The predicted molar refractivity (Wildman–Crippen MR) is 87.9 cm³/mol. The fourth-order valence-electron chi connectivity index (χ4n) is 3.82. The van der Waals surface area contributed by atoms with Gasteiger partial charge in [0.25, 0.3) is 5.91 Å². The summed E-state index contributed by atoms with van der Waals surface area (Å²) in [5, 5.41) is 14.0. The Hall–Kier alpha value is -2.17. The van der Waals surface area contributed by atoms with Crippen LogP contribution in [0.5, 0.6) is 0 Å². The van der Waals surface area contributed by atoms with Crippen LogP contribution in [0.1, 0.15) is 27.7 Å². The van der Waals surface area contributed by atoms with Crippen molar-refractivity contribution in [1.82, 2.24) is 10.2 Å². The molecule has 23 heavy (non-hydrogen) atoms. The number of benzene rings is 2. The number of rotatable bonds is 3. The molecule has 0 saturated carbocycles. The maximum Gasteiger partial charge on any atom is 0.256 e. The lowest BCUT2D eigenvalue weighted by atomic mass is 9.94. The highest BCUT2D eigenvalue weighted by Crippen LogP contribution is 2.36.